The standard InChI is InChI=1S/C10H8F2/c11-10(12)8-4-7-9-5-2-1-3-6-9/h1-3,5-6,10H,8H2. The van der Waals surface area contributed by atoms with Crippen molar-refractivity contribution in [3.05, 3.63) is 35.9 Å². The summed E-state index contributed by atoms with van der Waals surface area (Å²) in [6.45, 7) is 0. The van der Waals surface area contributed by atoms with Gasteiger partial charge in [0, 0.05) is 5.56 Å². The highest BCUT2D eigenvalue weighted by molar-refractivity contribution is 5.33. The second-order valence-electron chi connectivity index (χ2n) is 2.26. The van der Waals surface area contributed by atoms with Crippen LogP contribution in [0.2, 0.25) is 0 Å². The fourth-order valence-corrected chi connectivity index (χ4v) is 0.752. The van der Waals surface area contributed by atoms with Gasteiger partial charge in [-0.25, -0.2) is 8.78 Å². The Bertz CT molecular complexity index is 280. The monoisotopic (exact) mass is 166 g/mol. The molecule has 0 amide bonds. The Labute approximate surface area is 70.2 Å². The SMILES string of the molecule is FC(F)CC#Cc1ccccc1. The third-order valence-corrected chi connectivity index (χ3v) is 1.26. The van der Waals surface area contributed by atoms with E-state index in [1.807, 2.05) is 18.2 Å². The average molecular weight is 166 g/mol. The van der Waals surface area contributed by atoms with E-state index >= 15 is 0 Å². The van der Waals surface area contributed by atoms with Crippen LogP contribution in [0.25, 0.3) is 0 Å². The Morgan fingerprint density at radius 2 is 1.83 bits per heavy atom. The van der Waals surface area contributed by atoms with Crippen LogP contribution < -0.4 is 0 Å². The van der Waals surface area contributed by atoms with Gasteiger partial charge in [-0.05, 0) is 12.1 Å². The molecule has 0 saturated carbocycles. The van der Waals surface area contributed by atoms with Crippen LogP contribution >= 0.6 is 0 Å². The quantitative estimate of drug-likeness (QED) is 0.562. The maximum atomic E-state index is 11.6. The van der Waals surface area contributed by atoms with Crippen LogP contribution in [-0.2, 0) is 0 Å². The van der Waals surface area contributed by atoms with Gasteiger partial charge in [-0.2, -0.15) is 0 Å². The summed E-state index contributed by atoms with van der Waals surface area (Å²) in [5, 5.41) is 0. The lowest BCUT2D eigenvalue weighted by Gasteiger charge is -1.87. The summed E-state index contributed by atoms with van der Waals surface area (Å²) < 4.78 is 23.3. The highest BCUT2D eigenvalue weighted by Gasteiger charge is 1.95. The summed E-state index contributed by atoms with van der Waals surface area (Å²) in [6, 6.07) is 9.09. The molecule has 0 spiro atoms. The molecule has 0 aromatic heterocycles. The minimum Gasteiger partial charge on any atom is -0.209 e. The van der Waals surface area contributed by atoms with Crippen molar-refractivity contribution >= 4 is 0 Å². The Balaban J connectivity index is 2.55. The first-order chi connectivity index (χ1) is 5.79. The lowest BCUT2D eigenvalue weighted by atomic mass is 10.2. The van der Waals surface area contributed by atoms with Gasteiger partial charge in [-0.3, -0.25) is 0 Å². The third-order valence-electron chi connectivity index (χ3n) is 1.26. The van der Waals surface area contributed by atoms with Crippen LogP contribution in [0.3, 0.4) is 0 Å². The van der Waals surface area contributed by atoms with E-state index in [0.717, 1.165) is 5.56 Å². The van der Waals surface area contributed by atoms with Crippen molar-refractivity contribution in [2.24, 2.45) is 0 Å². The predicted molar refractivity (Wildman–Crippen MR) is 43.9 cm³/mol. The van der Waals surface area contributed by atoms with Crippen molar-refractivity contribution < 1.29 is 8.78 Å². The molecule has 1 rings (SSSR count). The Morgan fingerprint density at radius 1 is 1.17 bits per heavy atom. The maximum Gasteiger partial charge on any atom is 0.249 e. The molecule has 1 aromatic carbocycles. The van der Waals surface area contributed by atoms with E-state index in [1.165, 1.54) is 0 Å². The number of benzene rings is 1. The zero-order valence-electron chi connectivity index (χ0n) is 6.43. The van der Waals surface area contributed by atoms with E-state index in [1.54, 1.807) is 12.1 Å². The van der Waals surface area contributed by atoms with Gasteiger partial charge >= 0.3 is 0 Å². The molecular formula is C10H8F2. The number of halogens is 2. The van der Waals surface area contributed by atoms with Gasteiger partial charge in [0.1, 0.15) is 0 Å². The molecule has 0 nitrogen and oxygen atoms in total. The molecule has 0 N–H and O–H groups in total. The molecule has 0 aliphatic carbocycles. The molecule has 0 aliphatic rings. The van der Waals surface area contributed by atoms with Gasteiger partial charge in [0.15, 0.2) is 0 Å². The summed E-state index contributed by atoms with van der Waals surface area (Å²) in [5.74, 6) is 5.05. The summed E-state index contributed by atoms with van der Waals surface area (Å²) in [5.41, 5.74) is 0.776. The fraction of sp³-hybridized carbons (Fsp3) is 0.200. The molecular weight excluding hydrogens is 158 g/mol. The van der Waals surface area contributed by atoms with Crippen molar-refractivity contribution in [3.8, 4) is 11.8 Å². The van der Waals surface area contributed by atoms with Crippen molar-refractivity contribution in [1.29, 1.82) is 0 Å². The van der Waals surface area contributed by atoms with E-state index in [-0.39, 0.29) is 6.42 Å². The van der Waals surface area contributed by atoms with Crippen molar-refractivity contribution in [2.75, 3.05) is 0 Å². The molecule has 62 valence electrons. The molecule has 0 radical (unpaired) electrons. The van der Waals surface area contributed by atoms with Gasteiger partial charge in [-0.1, -0.05) is 30.0 Å². The average Bonchev–Trinajstić information content (AvgIpc) is 2.05. The highest BCUT2D eigenvalue weighted by Crippen LogP contribution is 1.98. The van der Waals surface area contributed by atoms with Crippen molar-refractivity contribution in [3.63, 3.8) is 0 Å². The van der Waals surface area contributed by atoms with Gasteiger partial charge < -0.3 is 0 Å². The zero-order valence-corrected chi connectivity index (χ0v) is 6.43. The van der Waals surface area contributed by atoms with Crippen LogP contribution in [0.1, 0.15) is 12.0 Å². The topological polar surface area (TPSA) is 0 Å². The lowest BCUT2D eigenvalue weighted by Crippen LogP contribution is -1.84. The normalized spacial score (nSPS) is 9.25. The molecule has 0 unspecified atom stereocenters. The second-order valence-corrected chi connectivity index (χ2v) is 2.26. The summed E-state index contributed by atoms with van der Waals surface area (Å²) in [7, 11) is 0. The van der Waals surface area contributed by atoms with Crippen molar-refractivity contribution in [1.82, 2.24) is 0 Å². The number of hydrogen-bond donors (Lipinski definition) is 0. The van der Waals surface area contributed by atoms with Crippen LogP contribution in [-0.4, -0.2) is 6.43 Å². The van der Waals surface area contributed by atoms with Crippen molar-refractivity contribution in [2.45, 2.75) is 12.8 Å². The lowest BCUT2D eigenvalue weighted by molar-refractivity contribution is 0.155. The number of alkyl halides is 2. The molecule has 1 aromatic rings. The van der Waals surface area contributed by atoms with Gasteiger partial charge in [0.2, 0.25) is 6.43 Å². The number of rotatable bonds is 1. The van der Waals surface area contributed by atoms with Crippen LogP contribution in [0.5, 0.6) is 0 Å². The Morgan fingerprint density at radius 3 is 2.42 bits per heavy atom. The van der Waals surface area contributed by atoms with Crippen LogP contribution in [0.15, 0.2) is 30.3 Å². The highest BCUT2D eigenvalue weighted by atomic mass is 19.3. The van der Waals surface area contributed by atoms with Crippen LogP contribution in [0, 0.1) is 11.8 Å². The molecule has 0 fully saturated rings. The Hall–Kier alpha value is -1.36. The van der Waals surface area contributed by atoms with Gasteiger partial charge in [0.05, 0.1) is 6.42 Å². The molecule has 0 atom stereocenters. The summed E-state index contributed by atoms with van der Waals surface area (Å²) in [4.78, 5) is 0. The zero-order chi connectivity index (χ0) is 8.81. The Kier molecular flexibility index (Phi) is 3.28. The molecule has 0 aliphatic heterocycles. The van der Waals surface area contributed by atoms with E-state index in [2.05, 4.69) is 11.8 Å². The van der Waals surface area contributed by atoms with E-state index in [0.29, 0.717) is 0 Å². The number of hydrogen-bond acceptors (Lipinski definition) is 0. The minimum atomic E-state index is -2.33. The first-order valence-corrected chi connectivity index (χ1v) is 3.61. The predicted octanol–water partition coefficient (Wildman–Crippen LogP) is 2.69. The maximum absolute atomic E-state index is 11.6. The first-order valence-electron chi connectivity index (χ1n) is 3.61. The van der Waals surface area contributed by atoms with E-state index in [9.17, 15) is 8.78 Å². The van der Waals surface area contributed by atoms with Crippen LogP contribution in [0.4, 0.5) is 8.78 Å². The molecule has 12 heavy (non-hydrogen) atoms. The molecule has 2 heteroatoms. The minimum absolute atomic E-state index is 0.352. The molecule has 0 saturated heterocycles. The van der Waals surface area contributed by atoms with E-state index < -0.39 is 6.43 Å². The largest absolute Gasteiger partial charge is 0.249 e. The smallest absolute Gasteiger partial charge is 0.209 e. The van der Waals surface area contributed by atoms with Gasteiger partial charge in [-0.15, -0.1) is 0 Å². The molecule has 0 heterocycles. The third kappa shape index (κ3) is 3.16. The summed E-state index contributed by atoms with van der Waals surface area (Å²) >= 11 is 0. The second kappa shape index (κ2) is 4.50. The fourth-order valence-electron chi connectivity index (χ4n) is 0.752. The van der Waals surface area contributed by atoms with E-state index in [4.69, 9.17) is 0 Å². The molecule has 0 bridgehead atoms. The first kappa shape index (κ1) is 8.73. The van der Waals surface area contributed by atoms with Gasteiger partial charge in [0.25, 0.3) is 0 Å². The summed E-state index contributed by atoms with van der Waals surface area (Å²) in [6.07, 6.45) is -2.68.